The smallest absolute Gasteiger partial charge is 0.194 e. The number of phenols is 1. The molecule has 0 aliphatic carbocycles. The van der Waals surface area contributed by atoms with E-state index in [1.54, 1.807) is 37.4 Å². The van der Waals surface area contributed by atoms with Crippen LogP contribution in [-0.4, -0.2) is 53.3 Å². The van der Waals surface area contributed by atoms with Crippen molar-refractivity contribution >= 4 is 27.1 Å². The zero-order chi connectivity index (χ0) is 25.8. The number of Topliss-reactive ketones (excluding diaryl/α,β-unsaturated/α-hetero) is 1. The number of aromatic hydroxyl groups is 1. The fourth-order valence-corrected chi connectivity index (χ4v) is 6.45. The summed E-state index contributed by atoms with van der Waals surface area (Å²) in [6, 6.07) is 18.9. The van der Waals surface area contributed by atoms with Gasteiger partial charge < -0.3 is 14.6 Å². The number of benzene rings is 3. The van der Waals surface area contributed by atoms with E-state index in [1.165, 1.54) is 37.8 Å². The standard InChI is InChI=1S/C30H31NO5S/c1-35-25-14-15-26-27(20-25)37(34)30(28(26)29(33)21-6-10-23(32)11-7-21)22-8-12-24(13-9-22)36-19-18-31-16-4-2-3-5-17-31/h6-15,20,32H,2-5,16-19H2,1H3. The molecular weight excluding hydrogens is 486 g/mol. The maximum atomic E-state index is 13.7. The van der Waals surface area contributed by atoms with Crippen LogP contribution in [0.4, 0.5) is 0 Å². The molecule has 1 fully saturated rings. The highest BCUT2D eigenvalue weighted by atomic mass is 32.2. The molecule has 192 valence electrons. The first-order valence-electron chi connectivity index (χ1n) is 12.7. The number of hydrogen-bond donors (Lipinski definition) is 1. The summed E-state index contributed by atoms with van der Waals surface area (Å²) < 4.78 is 25.0. The Bertz CT molecular complexity index is 1320. The van der Waals surface area contributed by atoms with Gasteiger partial charge in [-0.25, -0.2) is 4.21 Å². The maximum Gasteiger partial charge on any atom is 0.194 e. The van der Waals surface area contributed by atoms with Crippen LogP contribution in [0.3, 0.4) is 0 Å². The number of hydrogen-bond acceptors (Lipinski definition) is 6. The van der Waals surface area contributed by atoms with E-state index in [9.17, 15) is 14.1 Å². The van der Waals surface area contributed by atoms with Gasteiger partial charge in [0.2, 0.25) is 0 Å². The van der Waals surface area contributed by atoms with E-state index in [4.69, 9.17) is 9.47 Å². The predicted molar refractivity (Wildman–Crippen MR) is 145 cm³/mol. The molecule has 0 radical (unpaired) electrons. The minimum Gasteiger partial charge on any atom is -0.508 e. The molecule has 5 rings (SSSR count). The van der Waals surface area contributed by atoms with Crippen LogP contribution in [0.1, 0.15) is 47.2 Å². The van der Waals surface area contributed by atoms with Crippen molar-refractivity contribution in [2.24, 2.45) is 0 Å². The van der Waals surface area contributed by atoms with E-state index in [1.807, 2.05) is 24.3 Å². The van der Waals surface area contributed by atoms with E-state index in [0.717, 1.165) is 25.4 Å². The third kappa shape index (κ3) is 5.48. The average molecular weight is 518 g/mol. The zero-order valence-corrected chi connectivity index (χ0v) is 21.8. The lowest BCUT2D eigenvalue weighted by molar-refractivity contribution is 0.105. The molecule has 1 atom stereocenters. The second-order valence-corrected chi connectivity index (χ2v) is 10.7. The van der Waals surface area contributed by atoms with Crippen molar-refractivity contribution in [2.75, 3.05) is 33.4 Å². The summed E-state index contributed by atoms with van der Waals surface area (Å²) in [6.45, 7) is 3.78. The number of nitrogens with zero attached hydrogens (tertiary/aromatic N) is 1. The topological polar surface area (TPSA) is 76.1 Å². The van der Waals surface area contributed by atoms with Crippen LogP contribution in [0.25, 0.3) is 10.5 Å². The Balaban J connectivity index is 1.42. The maximum absolute atomic E-state index is 13.7. The first-order chi connectivity index (χ1) is 18.0. The van der Waals surface area contributed by atoms with E-state index >= 15 is 0 Å². The van der Waals surface area contributed by atoms with Crippen LogP contribution >= 0.6 is 0 Å². The first kappa shape index (κ1) is 25.2. The van der Waals surface area contributed by atoms with Crippen LogP contribution in [0, 0.1) is 0 Å². The van der Waals surface area contributed by atoms with Crippen LogP contribution in [0.15, 0.2) is 71.6 Å². The monoisotopic (exact) mass is 517 g/mol. The molecule has 0 spiro atoms. The fraction of sp³-hybridized carbons (Fsp3) is 0.300. The van der Waals surface area contributed by atoms with Gasteiger partial charge in [-0.05, 0) is 86.1 Å². The third-order valence-electron chi connectivity index (χ3n) is 6.92. The van der Waals surface area contributed by atoms with Crippen molar-refractivity contribution < 1.29 is 23.6 Å². The first-order valence-corrected chi connectivity index (χ1v) is 13.8. The lowest BCUT2D eigenvalue weighted by atomic mass is 9.94. The predicted octanol–water partition coefficient (Wildman–Crippen LogP) is 5.53. The third-order valence-corrected chi connectivity index (χ3v) is 8.47. The molecule has 0 bridgehead atoms. The number of rotatable bonds is 8. The van der Waals surface area contributed by atoms with Gasteiger partial charge in [-0.2, -0.15) is 0 Å². The lowest BCUT2D eigenvalue weighted by Gasteiger charge is -2.19. The highest BCUT2D eigenvalue weighted by Gasteiger charge is 2.34. The van der Waals surface area contributed by atoms with Gasteiger partial charge in [-0.1, -0.05) is 25.0 Å². The SMILES string of the molecule is COc1ccc2c(c1)S(=O)C(c1ccc(OCCN3CCCCCC3)cc1)=C2C(=O)c1ccc(O)cc1. The van der Waals surface area contributed by atoms with E-state index in [0.29, 0.717) is 44.4 Å². The number of methoxy groups -OCH3 is 1. The molecule has 2 heterocycles. The Morgan fingerprint density at radius 1 is 0.919 bits per heavy atom. The molecule has 6 nitrogen and oxygen atoms in total. The van der Waals surface area contributed by atoms with Crippen molar-refractivity contribution in [3.63, 3.8) is 0 Å². The summed E-state index contributed by atoms with van der Waals surface area (Å²) in [5, 5.41) is 9.67. The van der Waals surface area contributed by atoms with Crippen molar-refractivity contribution in [1.82, 2.24) is 4.90 Å². The Hall–Kier alpha value is -3.42. The van der Waals surface area contributed by atoms with Gasteiger partial charge in [-0.3, -0.25) is 9.69 Å². The Labute approximate surface area is 220 Å². The number of ketones is 1. The molecule has 3 aromatic rings. The highest BCUT2D eigenvalue weighted by molar-refractivity contribution is 7.95. The number of carbonyl (C=O) groups excluding carboxylic acids is 1. The summed E-state index contributed by atoms with van der Waals surface area (Å²) in [5.41, 5.74) is 2.15. The van der Waals surface area contributed by atoms with Gasteiger partial charge in [0.1, 0.15) is 23.9 Å². The summed E-state index contributed by atoms with van der Waals surface area (Å²) in [5.74, 6) is 1.16. The molecule has 1 saturated heterocycles. The number of fused-ring (bicyclic) bond motifs is 1. The molecular formula is C30H31NO5S. The van der Waals surface area contributed by atoms with Crippen molar-refractivity contribution in [3.8, 4) is 17.2 Å². The molecule has 2 aliphatic heterocycles. The van der Waals surface area contributed by atoms with Gasteiger partial charge in [0.05, 0.1) is 27.7 Å². The number of carbonyl (C=O) groups is 1. The van der Waals surface area contributed by atoms with Crippen LogP contribution < -0.4 is 9.47 Å². The van der Waals surface area contributed by atoms with Gasteiger partial charge in [0, 0.05) is 23.2 Å². The molecule has 7 heteroatoms. The average Bonchev–Trinajstić information content (AvgIpc) is 3.05. The van der Waals surface area contributed by atoms with E-state index in [-0.39, 0.29) is 11.5 Å². The van der Waals surface area contributed by atoms with Crippen molar-refractivity contribution in [3.05, 3.63) is 83.4 Å². The quantitative estimate of drug-likeness (QED) is 0.396. The second-order valence-electron chi connectivity index (χ2n) is 9.34. The minimum atomic E-state index is -1.56. The highest BCUT2D eigenvalue weighted by Crippen LogP contribution is 2.44. The molecule has 0 amide bonds. The molecule has 1 unspecified atom stereocenters. The van der Waals surface area contributed by atoms with Crippen molar-refractivity contribution in [1.29, 1.82) is 0 Å². The second kappa shape index (κ2) is 11.3. The molecule has 0 saturated carbocycles. The fourth-order valence-electron chi connectivity index (χ4n) is 4.90. The molecule has 2 aliphatic rings. The van der Waals surface area contributed by atoms with Gasteiger partial charge in [0.15, 0.2) is 5.78 Å². The normalized spacial score (nSPS) is 17.8. The van der Waals surface area contributed by atoms with E-state index in [2.05, 4.69) is 4.90 Å². The lowest BCUT2D eigenvalue weighted by Crippen LogP contribution is -2.29. The summed E-state index contributed by atoms with van der Waals surface area (Å²) in [6.07, 6.45) is 5.12. The van der Waals surface area contributed by atoms with Crippen LogP contribution in [0.2, 0.25) is 0 Å². The van der Waals surface area contributed by atoms with Gasteiger partial charge in [-0.15, -0.1) is 0 Å². The van der Waals surface area contributed by atoms with Gasteiger partial charge >= 0.3 is 0 Å². The van der Waals surface area contributed by atoms with E-state index < -0.39 is 10.8 Å². The molecule has 3 aromatic carbocycles. The Morgan fingerprint density at radius 3 is 2.27 bits per heavy atom. The van der Waals surface area contributed by atoms with Crippen molar-refractivity contribution in [2.45, 2.75) is 30.6 Å². The van der Waals surface area contributed by atoms with Crippen LogP contribution in [-0.2, 0) is 10.8 Å². The Morgan fingerprint density at radius 2 is 1.59 bits per heavy atom. The van der Waals surface area contributed by atoms with Crippen LogP contribution in [0.5, 0.6) is 17.2 Å². The summed E-state index contributed by atoms with van der Waals surface area (Å²) in [4.78, 5) is 17.1. The number of phenolic OH excluding ortho intramolecular Hbond substituents is 1. The molecule has 0 aromatic heterocycles. The largest absolute Gasteiger partial charge is 0.508 e. The number of allylic oxidation sites excluding steroid dienone is 1. The molecule has 37 heavy (non-hydrogen) atoms. The minimum absolute atomic E-state index is 0.0809. The number of likely N-dealkylation sites (tertiary alicyclic amines) is 1. The molecule has 1 N–H and O–H groups in total. The number of ether oxygens (including phenoxy) is 2. The zero-order valence-electron chi connectivity index (χ0n) is 20.9. The van der Waals surface area contributed by atoms with Gasteiger partial charge in [0.25, 0.3) is 0 Å². The summed E-state index contributed by atoms with van der Waals surface area (Å²) in [7, 11) is -0.00479. The Kier molecular flexibility index (Phi) is 7.72. The summed E-state index contributed by atoms with van der Waals surface area (Å²) >= 11 is 0.